The predicted octanol–water partition coefficient (Wildman–Crippen LogP) is 7.23. The summed E-state index contributed by atoms with van der Waals surface area (Å²) < 4.78 is 7.55. The van der Waals surface area contributed by atoms with Crippen molar-refractivity contribution in [2.45, 2.75) is 25.3 Å². The van der Waals surface area contributed by atoms with Crippen molar-refractivity contribution in [2.75, 3.05) is 39.3 Å². The van der Waals surface area contributed by atoms with Crippen molar-refractivity contribution in [3.63, 3.8) is 0 Å². The molecule has 1 fully saturated rings. The van der Waals surface area contributed by atoms with Crippen molar-refractivity contribution in [1.82, 2.24) is 18.9 Å². The van der Waals surface area contributed by atoms with E-state index >= 15 is 0 Å². The minimum atomic E-state index is -0.509. The Hall–Kier alpha value is -2.24. The first-order chi connectivity index (χ1) is 20.9. The molecule has 0 aliphatic carbocycles. The maximum Gasteiger partial charge on any atom is 0.0845 e. The molecule has 6 nitrogen and oxygen atoms in total. The van der Waals surface area contributed by atoms with E-state index in [0.29, 0.717) is 26.2 Å². The van der Waals surface area contributed by atoms with Crippen molar-refractivity contribution in [3.05, 3.63) is 92.3 Å². The molecule has 6 aromatic rings. The summed E-state index contributed by atoms with van der Waals surface area (Å²) >= 11 is 11.0. The number of rotatable bonds is 8. The summed E-state index contributed by atoms with van der Waals surface area (Å²) in [6.07, 6.45) is -0.976. The summed E-state index contributed by atoms with van der Waals surface area (Å²) in [5.74, 6) is 0. The van der Waals surface area contributed by atoms with Gasteiger partial charge in [-0.2, -0.15) is 0 Å². The molecule has 4 aromatic carbocycles. The van der Waals surface area contributed by atoms with Gasteiger partial charge < -0.3 is 19.3 Å². The highest BCUT2D eigenvalue weighted by atomic mass is 79.9. The van der Waals surface area contributed by atoms with Gasteiger partial charge in [0.25, 0.3) is 0 Å². The van der Waals surface area contributed by atoms with Crippen LogP contribution in [-0.2, 0) is 13.1 Å². The third-order valence-corrected chi connectivity index (χ3v) is 10.3. The van der Waals surface area contributed by atoms with E-state index in [0.717, 1.165) is 72.4 Å². The number of halogens is 3. The fourth-order valence-corrected chi connectivity index (χ4v) is 8.60. The number of β-amino-alcohol motifs (C(OH)–C–C–N with tert-alkyl or cyclic N) is 2. The monoisotopic (exact) mass is 766 g/mol. The van der Waals surface area contributed by atoms with Crippen LogP contribution in [0.15, 0.2) is 92.3 Å². The lowest BCUT2D eigenvalue weighted by Gasteiger charge is -2.36. The van der Waals surface area contributed by atoms with Crippen molar-refractivity contribution >= 4 is 91.4 Å². The number of hydrogen-bond donors (Lipinski definition) is 2. The Balaban J connectivity index is 0.988. The molecule has 1 saturated heterocycles. The van der Waals surface area contributed by atoms with Crippen LogP contribution in [0, 0.1) is 0 Å². The third-order valence-electron chi connectivity index (χ3n) is 8.71. The van der Waals surface area contributed by atoms with Gasteiger partial charge in [-0.3, -0.25) is 9.80 Å². The lowest BCUT2D eigenvalue weighted by Crippen LogP contribution is -2.50. The Morgan fingerprint density at radius 1 is 0.535 bits per heavy atom. The van der Waals surface area contributed by atoms with E-state index in [9.17, 15) is 10.2 Å². The second-order valence-electron chi connectivity index (χ2n) is 11.6. The van der Waals surface area contributed by atoms with Crippen LogP contribution in [0.2, 0.25) is 0 Å². The molecule has 3 heterocycles. The molecule has 0 unspecified atom stereocenters. The smallest absolute Gasteiger partial charge is 0.0845 e. The summed E-state index contributed by atoms with van der Waals surface area (Å²) in [7, 11) is 0. The molecule has 2 aromatic heterocycles. The number of piperazine rings is 1. The maximum atomic E-state index is 11.3. The standard InChI is InChI=1S/C34H33Br3N4O2/c35-22-9-10-33-28(15-22)29-16-23(36)17-30(37)34(29)41(33)21-25(43)19-39-13-11-38(12-14-39)18-24(42)20-40-31-7-3-1-5-26(31)27-6-2-4-8-32(27)40/h1-10,15-17,24-25,42-43H,11-14,18-21H2/t24-,25+/m0/s1. The van der Waals surface area contributed by atoms with Gasteiger partial charge in [-0.15, -0.1) is 0 Å². The van der Waals surface area contributed by atoms with Gasteiger partial charge in [0, 0.05) is 90.8 Å². The fourth-order valence-electron chi connectivity index (χ4n) is 6.80. The van der Waals surface area contributed by atoms with Gasteiger partial charge in [-0.1, -0.05) is 68.3 Å². The zero-order chi connectivity index (χ0) is 29.7. The van der Waals surface area contributed by atoms with Gasteiger partial charge in [-0.05, 0) is 58.4 Å². The lowest BCUT2D eigenvalue weighted by molar-refractivity contribution is 0.0415. The molecule has 2 N–H and O–H groups in total. The first kappa shape index (κ1) is 29.5. The largest absolute Gasteiger partial charge is 0.390 e. The Bertz CT molecular complexity index is 1890. The van der Waals surface area contributed by atoms with Gasteiger partial charge in [0.1, 0.15) is 0 Å². The molecular weight excluding hydrogens is 736 g/mol. The highest BCUT2D eigenvalue weighted by molar-refractivity contribution is 9.11. The van der Waals surface area contributed by atoms with Crippen LogP contribution in [0.4, 0.5) is 0 Å². The normalized spacial score (nSPS) is 16.6. The second kappa shape index (κ2) is 12.3. The van der Waals surface area contributed by atoms with E-state index in [-0.39, 0.29) is 0 Å². The summed E-state index contributed by atoms with van der Waals surface area (Å²) in [5.41, 5.74) is 4.53. The number of hydrogen-bond acceptors (Lipinski definition) is 4. The Morgan fingerprint density at radius 2 is 1.05 bits per heavy atom. The van der Waals surface area contributed by atoms with Crippen LogP contribution in [0.3, 0.4) is 0 Å². The van der Waals surface area contributed by atoms with Crippen LogP contribution in [-0.4, -0.2) is 80.6 Å². The second-order valence-corrected chi connectivity index (χ2v) is 14.3. The number of nitrogens with zero attached hydrogens (tertiary/aromatic N) is 4. The minimum Gasteiger partial charge on any atom is -0.390 e. The van der Waals surface area contributed by atoms with Gasteiger partial charge in [0.2, 0.25) is 0 Å². The van der Waals surface area contributed by atoms with Crippen LogP contribution >= 0.6 is 47.8 Å². The van der Waals surface area contributed by atoms with Gasteiger partial charge >= 0.3 is 0 Å². The first-order valence-corrected chi connectivity index (χ1v) is 17.1. The molecule has 1 aliphatic rings. The molecule has 0 spiro atoms. The number of aromatic nitrogens is 2. The molecule has 1 aliphatic heterocycles. The number of fused-ring (bicyclic) bond motifs is 6. The molecule has 9 heteroatoms. The highest BCUT2D eigenvalue weighted by Crippen LogP contribution is 2.37. The number of para-hydroxylation sites is 2. The van der Waals surface area contributed by atoms with Crippen LogP contribution in [0.25, 0.3) is 43.6 Å². The average molecular weight is 769 g/mol. The number of benzene rings is 4. The fraction of sp³-hybridized carbons (Fsp3) is 0.294. The van der Waals surface area contributed by atoms with Crippen LogP contribution < -0.4 is 0 Å². The first-order valence-electron chi connectivity index (χ1n) is 14.7. The van der Waals surface area contributed by atoms with E-state index in [2.05, 4.69) is 146 Å². The molecule has 0 saturated carbocycles. The van der Waals surface area contributed by atoms with Crippen LogP contribution in [0.1, 0.15) is 0 Å². The summed E-state index contributed by atoms with van der Waals surface area (Å²) in [6, 6.07) is 27.4. The predicted molar refractivity (Wildman–Crippen MR) is 187 cm³/mol. The molecule has 2 atom stereocenters. The van der Waals surface area contributed by atoms with Crippen molar-refractivity contribution in [2.24, 2.45) is 0 Å². The zero-order valence-electron chi connectivity index (χ0n) is 23.6. The zero-order valence-corrected chi connectivity index (χ0v) is 28.4. The Kier molecular flexibility index (Phi) is 8.41. The van der Waals surface area contributed by atoms with E-state index in [1.54, 1.807) is 0 Å². The molecule has 7 rings (SSSR count). The third kappa shape index (κ3) is 5.81. The molecule has 0 amide bonds. The quantitative estimate of drug-likeness (QED) is 0.172. The number of aliphatic hydroxyl groups is 2. The number of aliphatic hydroxyl groups excluding tert-OH is 2. The Labute approximate surface area is 275 Å². The summed E-state index contributed by atoms with van der Waals surface area (Å²) in [5, 5.41) is 27.2. The SMILES string of the molecule is O[C@H](CN1CCN(C[C@H](O)Cn2c3ccccc3c3ccccc32)CC1)Cn1c2ccc(Br)cc2c2cc(Br)cc(Br)c21. The van der Waals surface area contributed by atoms with E-state index < -0.39 is 12.2 Å². The molecule has 222 valence electrons. The van der Waals surface area contributed by atoms with Gasteiger partial charge in [0.15, 0.2) is 0 Å². The topological polar surface area (TPSA) is 56.8 Å². The van der Waals surface area contributed by atoms with Gasteiger partial charge in [-0.25, -0.2) is 0 Å². The van der Waals surface area contributed by atoms with Crippen molar-refractivity contribution in [3.8, 4) is 0 Å². The minimum absolute atomic E-state index is 0.467. The lowest BCUT2D eigenvalue weighted by atomic mass is 10.2. The Morgan fingerprint density at radius 3 is 1.65 bits per heavy atom. The van der Waals surface area contributed by atoms with E-state index in [1.165, 1.54) is 10.8 Å². The van der Waals surface area contributed by atoms with Crippen molar-refractivity contribution < 1.29 is 10.2 Å². The molecule has 43 heavy (non-hydrogen) atoms. The van der Waals surface area contributed by atoms with E-state index in [4.69, 9.17) is 0 Å². The van der Waals surface area contributed by atoms with Gasteiger partial charge in [0.05, 0.1) is 30.8 Å². The van der Waals surface area contributed by atoms with Crippen LogP contribution in [0.5, 0.6) is 0 Å². The summed E-state index contributed by atoms with van der Waals surface area (Å²) in [4.78, 5) is 4.69. The highest BCUT2D eigenvalue weighted by Gasteiger charge is 2.23. The molecule has 0 radical (unpaired) electrons. The van der Waals surface area contributed by atoms with E-state index in [1.807, 2.05) is 0 Å². The van der Waals surface area contributed by atoms with Crippen molar-refractivity contribution in [1.29, 1.82) is 0 Å². The maximum absolute atomic E-state index is 11.3. The summed E-state index contributed by atoms with van der Waals surface area (Å²) in [6.45, 7) is 5.82. The molecular formula is C34H33Br3N4O2. The molecule has 0 bridgehead atoms. The average Bonchev–Trinajstić information content (AvgIpc) is 3.46.